The van der Waals surface area contributed by atoms with Crippen LogP contribution in [-0.4, -0.2) is 37.3 Å². The molecule has 0 bridgehead atoms. The third-order valence-electron chi connectivity index (χ3n) is 3.80. The molecule has 2 heterocycles. The Morgan fingerprint density at radius 3 is 2.59 bits per heavy atom. The highest BCUT2D eigenvalue weighted by atomic mass is 32.2. The van der Waals surface area contributed by atoms with Gasteiger partial charge in [0, 0.05) is 35.4 Å². The van der Waals surface area contributed by atoms with Crippen LogP contribution in [0.1, 0.15) is 17.1 Å². The predicted octanol–water partition coefficient (Wildman–Crippen LogP) is 3.03. The summed E-state index contributed by atoms with van der Waals surface area (Å²) in [5, 5.41) is 15.3. The molecular weight excluding hydrogens is 392 g/mol. The number of aromatic nitrogens is 3. The molecule has 9 nitrogen and oxygen atoms in total. The summed E-state index contributed by atoms with van der Waals surface area (Å²) in [4.78, 5) is 30.9. The van der Waals surface area contributed by atoms with Crippen LogP contribution in [0.5, 0.6) is 0 Å². The molecule has 0 atom stereocenters. The molecule has 10 heteroatoms. The minimum absolute atomic E-state index is 0.0219. The Labute approximate surface area is 171 Å². The van der Waals surface area contributed by atoms with Gasteiger partial charge < -0.3 is 4.57 Å². The van der Waals surface area contributed by atoms with Crippen LogP contribution in [0.25, 0.3) is 5.69 Å². The molecule has 148 valence electrons. The van der Waals surface area contributed by atoms with Crippen molar-refractivity contribution in [1.82, 2.24) is 20.0 Å². The number of rotatable bonds is 7. The Bertz CT molecular complexity index is 1040. The van der Waals surface area contributed by atoms with E-state index in [1.807, 2.05) is 32.0 Å². The van der Waals surface area contributed by atoms with Gasteiger partial charge in [-0.05, 0) is 44.2 Å². The van der Waals surface area contributed by atoms with Crippen molar-refractivity contribution < 1.29 is 9.72 Å². The maximum absolute atomic E-state index is 12.0. The van der Waals surface area contributed by atoms with Gasteiger partial charge in [-0.25, -0.2) is 15.4 Å². The maximum atomic E-state index is 12.0. The summed E-state index contributed by atoms with van der Waals surface area (Å²) in [6.45, 7) is 3.76. The number of nitrogens with one attached hydrogen (secondary N) is 1. The molecular formula is C19H18N6O3S. The zero-order valence-corrected chi connectivity index (χ0v) is 16.6. The predicted molar refractivity (Wildman–Crippen MR) is 110 cm³/mol. The summed E-state index contributed by atoms with van der Waals surface area (Å²) in [5.74, 6) is -0.133. The van der Waals surface area contributed by atoms with Gasteiger partial charge in [0.2, 0.25) is 0 Å². The molecule has 3 aromatic rings. The number of hydrogen-bond acceptors (Lipinski definition) is 7. The average molecular weight is 410 g/mol. The highest BCUT2D eigenvalue weighted by molar-refractivity contribution is 7.99. The third-order valence-corrected chi connectivity index (χ3v) is 4.65. The molecule has 0 unspecified atom stereocenters. The highest BCUT2D eigenvalue weighted by Gasteiger charge is 2.08. The fourth-order valence-electron chi connectivity index (χ4n) is 2.56. The van der Waals surface area contributed by atoms with E-state index in [0.29, 0.717) is 10.9 Å². The number of thioether (sulfide) groups is 1. The standard InChI is InChI=1S/C19H18N6O3S/c1-13-10-14(2)22-19(21-13)29-12-18(26)23-20-11-17-4-3-9-24(17)15-5-7-16(8-6-15)25(27)28/h3-11H,12H2,1-2H3,(H,23,26)/b20-11-. The lowest BCUT2D eigenvalue weighted by Crippen LogP contribution is -2.20. The smallest absolute Gasteiger partial charge is 0.269 e. The first-order valence-electron chi connectivity index (χ1n) is 8.61. The Balaban J connectivity index is 1.59. The number of nitro groups is 1. The number of nitro benzene ring substituents is 1. The van der Waals surface area contributed by atoms with Crippen LogP contribution in [0.4, 0.5) is 5.69 Å². The number of amides is 1. The Kier molecular flexibility index (Phi) is 6.35. The first kappa shape index (κ1) is 20.2. The molecule has 0 fully saturated rings. The van der Waals surface area contributed by atoms with E-state index in [4.69, 9.17) is 0 Å². The van der Waals surface area contributed by atoms with E-state index in [1.54, 1.807) is 22.9 Å². The zero-order chi connectivity index (χ0) is 20.8. The second-order valence-electron chi connectivity index (χ2n) is 6.09. The van der Waals surface area contributed by atoms with Crippen molar-refractivity contribution in [2.75, 3.05) is 5.75 Å². The monoisotopic (exact) mass is 410 g/mol. The topological polar surface area (TPSA) is 115 Å². The van der Waals surface area contributed by atoms with Crippen molar-refractivity contribution in [2.45, 2.75) is 19.0 Å². The van der Waals surface area contributed by atoms with Gasteiger partial charge >= 0.3 is 0 Å². The molecule has 0 aliphatic rings. The van der Waals surface area contributed by atoms with Gasteiger partial charge in [-0.15, -0.1) is 0 Å². The second kappa shape index (κ2) is 9.11. The Hall–Kier alpha value is -3.53. The fourth-order valence-corrected chi connectivity index (χ4v) is 3.30. The van der Waals surface area contributed by atoms with Crippen LogP contribution in [0.2, 0.25) is 0 Å². The van der Waals surface area contributed by atoms with Crippen LogP contribution in [-0.2, 0) is 4.79 Å². The average Bonchev–Trinajstić information content (AvgIpc) is 3.14. The summed E-state index contributed by atoms with van der Waals surface area (Å²) >= 11 is 1.24. The number of carbonyl (C=O) groups is 1. The van der Waals surface area contributed by atoms with Gasteiger partial charge in [0.25, 0.3) is 11.6 Å². The fraction of sp³-hybridized carbons (Fsp3) is 0.158. The Morgan fingerprint density at radius 2 is 1.93 bits per heavy atom. The van der Waals surface area contributed by atoms with E-state index >= 15 is 0 Å². The first-order valence-corrected chi connectivity index (χ1v) is 9.60. The van der Waals surface area contributed by atoms with Crippen molar-refractivity contribution in [3.63, 3.8) is 0 Å². The number of aryl methyl sites for hydroxylation is 2. The molecule has 0 saturated heterocycles. The molecule has 1 N–H and O–H groups in total. The van der Waals surface area contributed by atoms with Crippen LogP contribution in [0, 0.1) is 24.0 Å². The van der Waals surface area contributed by atoms with E-state index in [2.05, 4.69) is 20.5 Å². The molecule has 0 radical (unpaired) electrons. The molecule has 29 heavy (non-hydrogen) atoms. The number of carbonyl (C=O) groups excluding carboxylic acids is 1. The summed E-state index contributed by atoms with van der Waals surface area (Å²) in [6.07, 6.45) is 3.31. The minimum atomic E-state index is -0.446. The molecule has 0 spiro atoms. The number of non-ortho nitro benzene ring substituents is 1. The van der Waals surface area contributed by atoms with Crippen molar-refractivity contribution >= 4 is 29.6 Å². The lowest BCUT2D eigenvalue weighted by atomic mass is 10.3. The third kappa shape index (κ3) is 5.48. The molecule has 2 aromatic heterocycles. The van der Waals surface area contributed by atoms with E-state index in [1.165, 1.54) is 30.1 Å². The van der Waals surface area contributed by atoms with Gasteiger partial charge in [0.05, 0.1) is 22.6 Å². The lowest BCUT2D eigenvalue weighted by Gasteiger charge is -2.06. The quantitative estimate of drug-likeness (QED) is 0.210. The number of nitrogens with zero attached hydrogens (tertiary/aromatic N) is 5. The summed E-state index contributed by atoms with van der Waals surface area (Å²) in [5.41, 5.74) is 5.66. The molecule has 0 aliphatic carbocycles. The molecule has 3 rings (SSSR count). The van der Waals surface area contributed by atoms with Gasteiger partial charge in [-0.1, -0.05) is 11.8 Å². The summed E-state index contributed by atoms with van der Waals surface area (Å²) in [7, 11) is 0. The number of hydrogen-bond donors (Lipinski definition) is 1. The van der Waals surface area contributed by atoms with Gasteiger partial charge in [-0.2, -0.15) is 5.10 Å². The largest absolute Gasteiger partial charge is 0.316 e. The molecule has 0 aliphatic heterocycles. The van der Waals surface area contributed by atoms with E-state index in [0.717, 1.165) is 17.1 Å². The van der Waals surface area contributed by atoms with E-state index < -0.39 is 4.92 Å². The highest BCUT2D eigenvalue weighted by Crippen LogP contribution is 2.17. The minimum Gasteiger partial charge on any atom is -0.316 e. The second-order valence-corrected chi connectivity index (χ2v) is 7.03. The summed E-state index contributed by atoms with van der Waals surface area (Å²) < 4.78 is 1.80. The normalized spacial score (nSPS) is 11.0. The van der Waals surface area contributed by atoms with Gasteiger partial charge in [0.15, 0.2) is 5.16 Å². The molecule has 1 aromatic carbocycles. The van der Waals surface area contributed by atoms with Crippen molar-refractivity contribution in [1.29, 1.82) is 0 Å². The van der Waals surface area contributed by atoms with E-state index in [9.17, 15) is 14.9 Å². The SMILES string of the molecule is Cc1cc(C)nc(SCC(=O)N/N=C\c2cccn2-c2ccc([N+](=O)[O-])cc2)n1. The first-order chi connectivity index (χ1) is 13.9. The van der Waals surface area contributed by atoms with Crippen molar-refractivity contribution in [3.8, 4) is 5.69 Å². The zero-order valence-electron chi connectivity index (χ0n) is 15.8. The Morgan fingerprint density at radius 1 is 1.24 bits per heavy atom. The van der Waals surface area contributed by atoms with Crippen LogP contribution in [0.15, 0.2) is 58.9 Å². The van der Waals surface area contributed by atoms with Crippen molar-refractivity contribution in [2.24, 2.45) is 5.10 Å². The molecule has 1 amide bonds. The van der Waals surface area contributed by atoms with Crippen LogP contribution < -0.4 is 5.43 Å². The molecule has 0 saturated carbocycles. The van der Waals surface area contributed by atoms with Crippen LogP contribution >= 0.6 is 11.8 Å². The van der Waals surface area contributed by atoms with E-state index in [-0.39, 0.29) is 17.3 Å². The van der Waals surface area contributed by atoms with Gasteiger partial charge in [-0.3, -0.25) is 14.9 Å². The van der Waals surface area contributed by atoms with Gasteiger partial charge in [0.1, 0.15) is 0 Å². The summed E-state index contributed by atoms with van der Waals surface area (Å²) in [6, 6.07) is 11.7. The maximum Gasteiger partial charge on any atom is 0.269 e. The lowest BCUT2D eigenvalue weighted by molar-refractivity contribution is -0.384. The van der Waals surface area contributed by atoms with Crippen LogP contribution in [0.3, 0.4) is 0 Å². The number of hydrazone groups is 1. The van der Waals surface area contributed by atoms with Crippen molar-refractivity contribution in [3.05, 3.63) is 75.9 Å². The number of benzene rings is 1.